The molecule has 4 heterocycles. The Kier molecular flexibility index (Phi) is 4.80. The minimum atomic E-state index is 0.141. The van der Waals surface area contributed by atoms with Crippen molar-refractivity contribution in [3.8, 4) is 0 Å². The molecule has 180 valence electrons. The maximum atomic E-state index is 13.6. The van der Waals surface area contributed by atoms with E-state index >= 15 is 0 Å². The SMILES string of the molecule is CN[C@H]1CC(C)CC12CC2C(=O)[C@H]1CCc2c(sc3ncnc(Nc4ccn5nccc5c4)c23)C1. The molecule has 0 bridgehead atoms. The first-order valence-corrected chi connectivity index (χ1v) is 13.5. The fourth-order valence-electron chi connectivity index (χ4n) is 7.10. The lowest BCUT2D eigenvalue weighted by Crippen LogP contribution is -2.34. The number of ketones is 1. The normalized spacial score (nSPS) is 29.7. The molecule has 0 aromatic carbocycles. The first kappa shape index (κ1) is 21.4. The van der Waals surface area contributed by atoms with Crippen LogP contribution in [0.25, 0.3) is 15.7 Å². The molecule has 7 rings (SSSR count). The number of hydrogen-bond donors (Lipinski definition) is 2. The Labute approximate surface area is 208 Å². The van der Waals surface area contributed by atoms with Crippen LogP contribution in [0.3, 0.4) is 0 Å². The second-order valence-electron chi connectivity index (χ2n) is 10.9. The van der Waals surface area contributed by atoms with E-state index in [1.54, 1.807) is 23.9 Å². The second kappa shape index (κ2) is 7.83. The molecule has 3 unspecified atom stereocenters. The molecule has 8 heteroatoms. The number of Topliss-reactive ketones (excluding diaryl/α,β-unsaturated/α-hetero) is 1. The summed E-state index contributed by atoms with van der Waals surface area (Å²) in [4.78, 5) is 25.2. The first-order chi connectivity index (χ1) is 17.1. The van der Waals surface area contributed by atoms with Gasteiger partial charge in [-0.3, -0.25) is 4.79 Å². The third-order valence-electron chi connectivity index (χ3n) is 8.78. The fraction of sp³-hybridized carbons (Fsp3) is 0.481. The zero-order valence-corrected chi connectivity index (χ0v) is 20.9. The van der Waals surface area contributed by atoms with Crippen molar-refractivity contribution in [2.45, 2.75) is 51.5 Å². The summed E-state index contributed by atoms with van der Waals surface area (Å²) in [5, 5.41) is 12.4. The number of thiophene rings is 1. The molecule has 0 amide bonds. The minimum absolute atomic E-state index is 0.141. The molecule has 4 aromatic heterocycles. The number of aryl methyl sites for hydroxylation is 1. The van der Waals surface area contributed by atoms with Gasteiger partial charge in [-0.15, -0.1) is 11.3 Å². The summed E-state index contributed by atoms with van der Waals surface area (Å²) >= 11 is 1.74. The Morgan fingerprint density at radius 3 is 3.06 bits per heavy atom. The van der Waals surface area contributed by atoms with Gasteiger partial charge in [-0.1, -0.05) is 6.92 Å². The Balaban J connectivity index is 1.15. The van der Waals surface area contributed by atoms with E-state index in [0.29, 0.717) is 17.7 Å². The summed E-state index contributed by atoms with van der Waals surface area (Å²) in [5.74, 6) is 2.47. The number of nitrogens with zero attached hydrogens (tertiary/aromatic N) is 4. The number of nitrogens with one attached hydrogen (secondary N) is 2. The van der Waals surface area contributed by atoms with Gasteiger partial charge >= 0.3 is 0 Å². The molecule has 2 saturated carbocycles. The van der Waals surface area contributed by atoms with Crippen molar-refractivity contribution in [3.63, 3.8) is 0 Å². The maximum Gasteiger partial charge on any atom is 0.142 e. The quantitative estimate of drug-likeness (QED) is 0.422. The fourth-order valence-corrected chi connectivity index (χ4v) is 8.37. The number of anilines is 2. The lowest BCUT2D eigenvalue weighted by atomic mass is 9.81. The van der Waals surface area contributed by atoms with Crippen molar-refractivity contribution in [2.75, 3.05) is 12.4 Å². The molecule has 4 aromatic rings. The average molecular weight is 487 g/mol. The van der Waals surface area contributed by atoms with Crippen molar-refractivity contribution in [1.29, 1.82) is 0 Å². The molecular formula is C27H30N6OS. The van der Waals surface area contributed by atoms with E-state index in [4.69, 9.17) is 0 Å². The summed E-state index contributed by atoms with van der Waals surface area (Å²) < 4.78 is 1.85. The largest absolute Gasteiger partial charge is 0.339 e. The van der Waals surface area contributed by atoms with E-state index < -0.39 is 0 Å². The van der Waals surface area contributed by atoms with E-state index in [9.17, 15) is 4.79 Å². The molecule has 0 radical (unpaired) electrons. The third-order valence-corrected chi connectivity index (χ3v) is 9.94. The van der Waals surface area contributed by atoms with E-state index in [2.05, 4.69) is 45.7 Å². The van der Waals surface area contributed by atoms with Crippen LogP contribution in [0.2, 0.25) is 0 Å². The molecule has 1 spiro atoms. The highest BCUT2D eigenvalue weighted by atomic mass is 32.1. The Morgan fingerprint density at radius 1 is 1.26 bits per heavy atom. The molecule has 0 aliphatic heterocycles. The summed E-state index contributed by atoms with van der Waals surface area (Å²) in [6.07, 6.45) is 11.6. The topological polar surface area (TPSA) is 84.2 Å². The molecule has 3 aliphatic rings. The predicted molar refractivity (Wildman–Crippen MR) is 138 cm³/mol. The van der Waals surface area contributed by atoms with Crippen molar-refractivity contribution in [2.24, 2.45) is 23.2 Å². The standard InChI is InChI=1S/C27H30N6OS/c1-15-9-22(28-2)27(12-15)13-20(27)24(34)16-3-4-19-21(10-16)35-26-23(19)25(29-14-30-26)32-17-6-8-33-18(11-17)5-7-31-33/h5-8,11,14-16,20,22,28H,3-4,9-10,12-13H2,1-2H3,(H,29,30,32)/t15?,16-,20?,22-,27?/m0/s1. The Bertz CT molecular complexity index is 1460. The van der Waals surface area contributed by atoms with Crippen molar-refractivity contribution in [3.05, 3.63) is 47.4 Å². The molecule has 5 atom stereocenters. The van der Waals surface area contributed by atoms with Gasteiger partial charge in [0.05, 0.1) is 10.9 Å². The van der Waals surface area contributed by atoms with Crippen molar-refractivity contribution in [1.82, 2.24) is 24.9 Å². The van der Waals surface area contributed by atoms with E-state index in [1.165, 1.54) is 23.3 Å². The summed E-state index contributed by atoms with van der Waals surface area (Å²) in [7, 11) is 2.06. The van der Waals surface area contributed by atoms with Gasteiger partial charge in [0, 0.05) is 40.8 Å². The molecule has 0 saturated heterocycles. The van der Waals surface area contributed by atoms with Crippen LogP contribution >= 0.6 is 11.3 Å². The molecule has 2 N–H and O–H groups in total. The Hall–Kier alpha value is -2.84. The van der Waals surface area contributed by atoms with Gasteiger partial charge < -0.3 is 10.6 Å². The Morgan fingerprint density at radius 2 is 2.17 bits per heavy atom. The zero-order valence-electron chi connectivity index (χ0n) is 20.1. The van der Waals surface area contributed by atoms with Crippen molar-refractivity contribution < 1.29 is 4.79 Å². The zero-order chi connectivity index (χ0) is 23.7. The van der Waals surface area contributed by atoms with Crippen LogP contribution in [0, 0.1) is 23.2 Å². The lowest BCUT2D eigenvalue weighted by Gasteiger charge is -2.24. The van der Waals surface area contributed by atoms with Crippen LogP contribution in [0.4, 0.5) is 11.5 Å². The summed E-state index contributed by atoms with van der Waals surface area (Å²) in [5.41, 5.74) is 3.57. The van der Waals surface area contributed by atoms with Gasteiger partial charge in [-0.25, -0.2) is 14.5 Å². The first-order valence-electron chi connectivity index (χ1n) is 12.7. The van der Waals surface area contributed by atoms with Crippen molar-refractivity contribution >= 4 is 44.4 Å². The monoisotopic (exact) mass is 486 g/mol. The van der Waals surface area contributed by atoms with Gasteiger partial charge in [-0.2, -0.15) is 5.10 Å². The van der Waals surface area contributed by atoms with Gasteiger partial charge in [-0.05, 0) is 80.7 Å². The van der Waals surface area contributed by atoms with Gasteiger partial charge in [0.1, 0.15) is 22.8 Å². The van der Waals surface area contributed by atoms with Gasteiger partial charge in [0.2, 0.25) is 0 Å². The highest BCUT2D eigenvalue weighted by Gasteiger charge is 2.65. The average Bonchev–Trinajstić information content (AvgIpc) is 3.16. The number of carbonyl (C=O) groups is 1. The van der Waals surface area contributed by atoms with Crippen LogP contribution in [-0.2, 0) is 17.6 Å². The summed E-state index contributed by atoms with van der Waals surface area (Å²) in [6.45, 7) is 2.34. The van der Waals surface area contributed by atoms with Gasteiger partial charge in [0.25, 0.3) is 0 Å². The van der Waals surface area contributed by atoms with Crippen LogP contribution < -0.4 is 10.6 Å². The molecule has 35 heavy (non-hydrogen) atoms. The highest BCUT2D eigenvalue weighted by Crippen LogP contribution is 2.65. The lowest BCUT2D eigenvalue weighted by molar-refractivity contribution is -0.125. The van der Waals surface area contributed by atoms with Crippen LogP contribution in [0.1, 0.15) is 43.0 Å². The van der Waals surface area contributed by atoms with E-state index in [-0.39, 0.29) is 17.3 Å². The third kappa shape index (κ3) is 3.33. The minimum Gasteiger partial charge on any atom is -0.339 e. The number of rotatable bonds is 5. The van der Waals surface area contributed by atoms with Crippen LogP contribution in [-0.4, -0.2) is 38.5 Å². The number of fused-ring (bicyclic) bond motifs is 4. The maximum absolute atomic E-state index is 13.6. The smallest absolute Gasteiger partial charge is 0.142 e. The molecule has 3 aliphatic carbocycles. The van der Waals surface area contributed by atoms with E-state index in [1.807, 2.05) is 22.8 Å². The number of pyridine rings is 1. The number of carbonyl (C=O) groups excluding carboxylic acids is 1. The van der Waals surface area contributed by atoms with Gasteiger partial charge in [0.15, 0.2) is 0 Å². The van der Waals surface area contributed by atoms with Crippen LogP contribution in [0.5, 0.6) is 0 Å². The van der Waals surface area contributed by atoms with Crippen LogP contribution in [0.15, 0.2) is 36.9 Å². The number of aromatic nitrogens is 4. The van der Waals surface area contributed by atoms with E-state index in [0.717, 1.165) is 52.9 Å². The predicted octanol–water partition coefficient (Wildman–Crippen LogP) is 4.78. The molecule has 2 fully saturated rings. The second-order valence-corrected chi connectivity index (χ2v) is 11.9. The summed E-state index contributed by atoms with van der Waals surface area (Å²) in [6, 6.07) is 6.57. The molecular weight excluding hydrogens is 456 g/mol. The molecule has 7 nitrogen and oxygen atoms in total. The highest BCUT2D eigenvalue weighted by molar-refractivity contribution is 7.19. The number of hydrogen-bond acceptors (Lipinski definition) is 7.